The number of carbonyl (C=O) groups excluding carboxylic acids is 1. The standard InChI is InChI=1S/C21H24N4O3/c1-27-18-13-17(22-14-23-18)24-11-9-21(10-12-24)20(26)25-16(7-8-19(25)28-21)15-5-3-2-4-6-15/h2-6,13-14,16,19H,7-12H2,1H3. The first kappa shape index (κ1) is 17.4. The van der Waals surface area contributed by atoms with Crippen LogP contribution in [0.1, 0.15) is 37.3 Å². The summed E-state index contributed by atoms with van der Waals surface area (Å²) in [6.45, 7) is 1.45. The molecule has 0 radical (unpaired) electrons. The summed E-state index contributed by atoms with van der Waals surface area (Å²) in [6, 6.07) is 12.3. The van der Waals surface area contributed by atoms with Crippen LogP contribution in [-0.4, -0.2) is 52.8 Å². The Bertz CT molecular complexity index is 867. The molecule has 7 heteroatoms. The average molecular weight is 380 g/mol. The van der Waals surface area contributed by atoms with Gasteiger partial charge in [0.1, 0.15) is 18.4 Å². The largest absolute Gasteiger partial charge is 0.481 e. The highest BCUT2D eigenvalue weighted by molar-refractivity contribution is 5.88. The predicted octanol–water partition coefficient (Wildman–Crippen LogP) is 2.54. The van der Waals surface area contributed by atoms with Crippen molar-refractivity contribution in [3.63, 3.8) is 0 Å². The Morgan fingerprint density at radius 1 is 1.14 bits per heavy atom. The Labute approximate surface area is 164 Å². The van der Waals surface area contributed by atoms with Crippen molar-refractivity contribution in [2.45, 2.75) is 43.6 Å². The van der Waals surface area contributed by atoms with Gasteiger partial charge in [0, 0.05) is 32.0 Å². The first-order valence-corrected chi connectivity index (χ1v) is 9.87. The Morgan fingerprint density at radius 3 is 2.68 bits per heavy atom. The van der Waals surface area contributed by atoms with Gasteiger partial charge in [-0.1, -0.05) is 30.3 Å². The number of piperidine rings is 1. The molecule has 0 N–H and O–H groups in total. The number of anilines is 1. The van der Waals surface area contributed by atoms with Crippen LogP contribution in [0.3, 0.4) is 0 Å². The van der Waals surface area contributed by atoms with Gasteiger partial charge in [-0.25, -0.2) is 9.97 Å². The second kappa shape index (κ2) is 6.74. The second-order valence-electron chi connectivity index (χ2n) is 7.69. The van der Waals surface area contributed by atoms with E-state index in [1.807, 2.05) is 29.2 Å². The third-order valence-electron chi connectivity index (χ3n) is 6.24. The lowest BCUT2D eigenvalue weighted by Crippen LogP contribution is -2.50. The van der Waals surface area contributed by atoms with E-state index in [1.54, 1.807) is 7.11 Å². The molecule has 3 aliphatic rings. The Kier molecular flexibility index (Phi) is 4.19. The molecule has 2 atom stereocenters. The van der Waals surface area contributed by atoms with Gasteiger partial charge in [-0.15, -0.1) is 0 Å². The molecule has 0 aliphatic carbocycles. The zero-order valence-corrected chi connectivity index (χ0v) is 16.0. The molecule has 5 rings (SSSR count). The van der Waals surface area contributed by atoms with Gasteiger partial charge in [0.2, 0.25) is 5.88 Å². The summed E-state index contributed by atoms with van der Waals surface area (Å²) in [4.78, 5) is 26.0. The maximum Gasteiger partial charge on any atom is 0.257 e. The van der Waals surface area contributed by atoms with Crippen LogP contribution in [0, 0.1) is 0 Å². The van der Waals surface area contributed by atoms with E-state index in [0.717, 1.165) is 31.7 Å². The summed E-state index contributed by atoms with van der Waals surface area (Å²) in [5.41, 5.74) is 0.510. The van der Waals surface area contributed by atoms with Crippen molar-refractivity contribution in [3.05, 3.63) is 48.3 Å². The van der Waals surface area contributed by atoms with Crippen LogP contribution in [0.4, 0.5) is 5.82 Å². The molecular weight excluding hydrogens is 356 g/mol. The number of amides is 1. The fraction of sp³-hybridized carbons (Fsp3) is 0.476. The molecule has 0 bridgehead atoms. The maximum absolute atomic E-state index is 13.4. The highest BCUT2D eigenvalue weighted by Gasteiger charge is 2.57. The molecule has 2 unspecified atom stereocenters. The molecule has 1 aromatic carbocycles. The van der Waals surface area contributed by atoms with Gasteiger partial charge in [-0.3, -0.25) is 4.79 Å². The van der Waals surface area contributed by atoms with E-state index in [0.29, 0.717) is 18.7 Å². The minimum absolute atomic E-state index is 0.0941. The van der Waals surface area contributed by atoms with Crippen LogP contribution in [0.5, 0.6) is 5.88 Å². The lowest BCUT2D eigenvalue weighted by Gasteiger charge is -2.38. The minimum atomic E-state index is -0.689. The van der Waals surface area contributed by atoms with Crippen molar-refractivity contribution in [1.29, 1.82) is 0 Å². The van der Waals surface area contributed by atoms with Gasteiger partial charge in [0.05, 0.1) is 13.2 Å². The molecular formula is C21H24N4O3. The highest BCUT2D eigenvalue weighted by Crippen LogP contribution is 2.47. The normalized spacial score (nSPS) is 26.0. The lowest BCUT2D eigenvalue weighted by atomic mass is 9.89. The quantitative estimate of drug-likeness (QED) is 0.815. The van der Waals surface area contributed by atoms with E-state index < -0.39 is 5.60 Å². The molecule has 0 saturated carbocycles. The molecule has 28 heavy (non-hydrogen) atoms. The van der Waals surface area contributed by atoms with Gasteiger partial charge in [-0.2, -0.15) is 0 Å². The maximum atomic E-state index is 13.4. The van der Waals surface area contributed by atoms with Crippen molar-refractivity contribution in [3.8, 4) is 5.88 Å². The summed E-state index contributed by atoms with van der Waals surface area (Å²) in [6.07, 6.45) is 4.63. The van der Waals surface area contributed by atoms with Crippen molar-refractivity contribution in [2.75, 3.05) is 25.1 Å². The second-order valence-corrected chi connectivity index (χ2v) is 7.69. The number of fused-ring (bicyclic) bond motifs is 1. The van der Waals surface area contributed by atoms with Crippen molar-refractivity contribution in [1.82, 2.24) is 14.9 Å². The number of methoxy groups -OCH3 is 1. The average Bonchev–Trinajstić information content (AvgIpc) is 3.27. The lowest BCUT2D eigenvalue weighted by molar-refractivity contribution is -0.140. The van der Waals surface area contributed by atoms with Crippen LogP contribution in [-0.2, 0) is 9.53 Å². The highest BCUT2D eigenvalue weighted by atomic mass is 16.6. The van der Waals surface area contributed by atoms with Crippen molar-refractivity contribution < 1.29 is 14.3 Å². The van der Waals surface area contributed by atoms with Crippen LogP contribution in [0.25, 0.3) is 0 Å². The van der Waals surface area contributed by atoms with E-state index in [1.165, 1.54) is 11.9 Å². The first-order valence-electron chi connectivity index (χ1n) is 9.87. The predicted molar refractivity (Wildman–Crippen MR) is 103 cm³/mol. The zero-order chi connectivity index (χ0) is 19.1. The topological polar surface area (TPSA) is 67.8 Å². The minimum Gasteiger partial charge on any atom is -0.481 e. The van der Waals surface area contributed by atoms with Crippen molar-refractivity contribution in [2.24, 2.45) is 0 Å². The fourth-order valence-electron chi connectivity index (χ4n) is 4.76. The van der Waals surface area contributed by atoms with E-state index in [9.17, 15) is 4.79 Å². The molecule has 1 amide bonds. The van der Waals surface area contributed by atoms with Gasteiger partial charge in [0.25, 0.3) is 5.91 Å². The van der Waals surface area contributed by atoms with Gasteiger partial charge in [0.15, 0.2) is 5.60 Å². The molecule has 3 fully saturated rings. The van der Waals surface area contributed by atoms with Gasteiger partial charge < -0.3 is 19.3 Å². The number of hydrogen-bond acceptors (Lipinski definition) is 6. The Balaban J connectivity index is 1.32. The summed E-state index contributed by atoms with van der Waals surface area (Å²) in [7, 11) is 1.60. The smallest absolute Gasteiger partial charge is 0.257 e. The van der Waals surface area contributed by atoms with E-state index in [4.69, 9.17) is 9.47 Å². The summed E-state index contributed by atoms with van der Waals surface area (Å²) >= 11 is 0. The fourth-order valence-corrected chi connectivity index (χ4v) is 4.76. The number of rotatable bonds is 3. The van der Waals surface area contributed by atoms with E-state index >= 15 is 0 Å². The molecule has 2 aromatic rings. The van der Waals surface area contributed by atoms with Crippen LogP contribution < -0.4 is 9.64 Å². The van der Waals surface area contributed by atoms with Crippen molar-refractivity contribution >= 4 is 11.7 Å². The summed E-state index contributed by atoms with van der Waals surface area (Å²) in [5.74, 6) is 1.53. The molecule has 7 nitrogen and oxygen atoms in total. The van der Waals surface area contributed by atoms with Crippen LogP contribution in [0.2, 0.25) is 0 Å². The number of carbonyl (C=O) groups is 1. The van der Waals surface area contributed by atoms with Gasteiger partial charge >= 0.3 is 0 Å². The number of ether oxygens (including phenoxy) is 2. The van der Waals surface area contributed by atoms with Gasteiger partial charge in [-0.05, 0) is 18.4 Å². The zero-order valence-electron chi connectivity index (χ0n) is 16.0. The summed E-state index contributed by atoms with van der Waals surface area (Å²) < 4.78 is 11.6. The number of hydrogen-bond donors (Lipinski definition) is 0. The van der Waals surface area contributed by atoms with E-state index in [2.05, 4.69) is 27.0 Å². The number of benzene rings is 1. The Morgan fingerprint density at radius 2 is 1.93 bits per heavy atom. The molecule has 146 valence electrons. The molecule has 1 spiro atoms. The number of aromatic nitrogens is 2. The Hall–Kier alpha value is -2.67. The molecule has 3 aliphatic heterocycles. The monoisotopic (exact) mass is 380 g/mol. The number of nitrogens with zero attached hydrogens (tertiary/aromatic N) is 4. The first-order chi connectivity index (χ1) is 13.7. The SMILES string of the molecule is COc1cc(N2CCC3(CC2)OC2CCC(c4ccccc4)N2C3=O)ncn1. The van der Waals surface area contributed by atoms with Crippen LogP contribution in [0.15, 0.2) is 42.7 Å². The molecule has 3 saturated heterocycles. The van der Waals surface area contributed by atoms with E-state index in [-0.39, 0.29) is 18.2 Å². The third kappa shape index (κ3) is 2.73. The third-order valence-corrected chi connectivity index (χ3v) is 6.24. The molecule has 4 heterocycles. The summed E-state index contributed by atoms with van der Waals surface area (Å²) in [5, 5.41) is 0. The molecule has 1 aromatic heterocycles. The van der Waals surface area contributed by atoms with Crippen LogP contribution >= 0.6 is 0 Å².